The number of hydrogen-bond acceptors (Lipinski definition) is 3. The fourth-order valence-electron chi connectivity index (χ4n) is 0.750. The van der Waals surface area contributed by atoms with Crippen LogP contribution in [0.2, 0.25) is 0 Å². The molecule has 0 spiro atoms. The minimum atomic E-state index is -1.000. The average Bonchev–Trinajstić information content (AvgIpc) is 1.98. The number of allylic oxidation sites excluding steroid dienone is 1. The second-order valence-corrected chi connectivity index (χ2v) is 2.86. The van der Waals surface area contributed by atoms with E-state index in [1.54, 1.807) is 20.8 Å². The van der Waals surface area contributed by atoms with Crippen LogP contribution in [0.4, 0.5) is 0 Å². The van der Waals surface area contributed by atoms with E-state index in [0.29, 0.717) is 0 Å². The van der Waals surface area contributed by atoms with Gasteiger partial charge in [-0.15, -0.1) is 0 Å². The second kappa shape index (κ2) is 4.64. The highest BCUT2D eigenvalue weighted by atomic mass is 16.4. The standard InChI is InChI=1S/C8H15NO3/c1-4-6(10)9-7(5(2)3)8(11)12/h4-5,7,9-10H,1-3H3,(H,11,12)/p-1. The Morgan fingerprint density at radius 2 is 2.08 bits per heavy atom. The molecule has 0 amide bonds. The van der Waals surface area contributed by atoms with Crippen LogP contribution in [0.5, 0.6) is 0 Å². The van der Waals surface area contributed by atoms with Crippen LogP contribution in [-0.2, 0) is 4.79 Å². The van der Waals surface area contributed by atoms with E-state index in [-0.39, 0.29) is 11.8 Å². The molecule has 1 unspecified atom stereocenters. The normalized spacial score (nSPS) is 14.5. The molecule has 0 aromatic carbocycles. The zero-order valence-corrected chi connectivity index (χ0v) is 7.50. The third kappa shape index (κ3) is 3.27. The Bertz CT molecular complexity index is 187. The molecule has 0 aliphatic carbocycles. The van der Waals surface area contributed by atoms with Crippen molar-refractivity contribution in [2.75, 3.05) is 0 Å². The Hall–Kier alpha value is -1.19. The van der Waals surface area contributed by atoms with Crippen molar-refractivity contribution >= 4 is 5.97 Å². The number of rotatable bonds is 4. The SMILES string of the molecule is CC=C([O-])NC(C(=O)O)C(C)C. The third-order valence-corrected chi connectivity index (χ3v) is 1.49. The largest absolute Gasteiger partial charge is 0.861 e. The van der Waals surface area contributed by atoms with Crippen molar-refractivity contribution < 1.29 is 15.0 Å². The van der Waals surface area contributed by atoms with Crippen LogP contribution < -0.4 is 10.4 Å². The Kier molecular flexibility index (Phi) is 4.18. The zero-order valence-electron chi connectivity index (χ0n) is 7.50. The average molecular weight is 172 g/mol. The fourth-order valence-corrected chi connectivity index (χ4v) is 0.750. The Morgan fingerprint density at radius 3 is 2.33 bits per heavy atom. The summed E-state index contributed by atoms with van der Waals surface area (Å²) in [5, 5.41) is 21.8. The molecule has 0 aliphatic heterocycles. The predicted octanol–water partition coefficient (Wildman–Crippen LogP) is -0.0932. The van der Waals surface area contributed by atoms with E-state index in [2.05, 4.69) is 5.32 Å². The summed E-state index contributed by atoms with van der Waals surface area (Å²) >= 11 is 0. The van der Waals surface area contributed by atoms with Gasteiger partial charge in [0.15, 0.2) is 0 Å². The first kappa shape index (κ1) is 10.8. The van der Waals surface area contributed by atoms with Crippen molar-refractivity contribution in [2.45, 2.75) is 26.8 Å². The van der Waals surface area contributed by atoms with Crippen LogP contribution in [0.25, 0.3) is 0 Å². The smallest absolute Gasteiger partial charge is 0.326 e. The van der Waals surface area contributed by atoms with Crippen LogP contribution in [0.15, 0.2) is 12.0 Å². The molecule has 0 saturated heterocycles. The molecular weight excluding hydrogens is 158 g/mol. The Morgan fingerprint density at radius 1 is 1.58 bits per heavy atom. The van der Waals surface area contributed by atoms with E-state index in [1.165, 1.54) is 6.08 Å². The van der Waals surface area contributed by atoms with Crippen molar-refractivity contribution in [1.29, 1.82) is 0 Å². The summed E-state index contributed by atoms with van der Waals surface area (Å²) in [6.45, 7) is 5.05. The van der Waals surface area contributed by atoms with E-state index >= 15 is 0 Å². The summed E-state index contributed by atoms with van der Waals surface area (Å²) in [6.07, 6.45) is 1.30. The summed E-state index contributed by atoms with van der Waals surface area (Å²) < 4.78 is 0. The van der Waals surface area contributed by atoms with Crippen LogP contribution in [-0.4, -0.2) is 17.1 Å². The first-order valence-electron chi connectivity index (χ1n) is 3.81. The van der Waals surface area contributed by atoms with Gasteiger partial charge in [0.25, 0.3) is 0 Å². The van der Waals surface area contributed by atoms with Crippen LogP contribution in [0, 0.1) is 5.92 Å². The number of carboxylic acid groups (broad SMARTS) is 1. The van der Waals surface area contributed by atoms with Crippen molar-refractivity contribution in [3.63, 3.8) is 0 Å². The lowest BCUT2D eigenvalue weighted by Crippen LogP contribution is -2.43. The quantitative estimate of drug-likeness (QED) is 0.581. The molecular formula is C8H14NO3-. The Balaban J connectivity index is 4.24. The van der Waals surface area contributed by atoms with Crippen LogP contribution in [0.1, 0.15) is 20.8 Å². The molecule has 4 nitrogen and oxygen atoms in total. The molecule has 0 heterocycles. The molecule has 4 heteroatoms. The molecule has 0 bridgehead atoms. The first-order valence-corrected chi connectivity index (χ1v) is 3.81. The second-order valence-electron chi connectivity index (χ2n) is 2.86. The number of carboxylic acids is 1. The van der Waals surface area contributed by atoms with Crippen LogP contribution >= 0.6 is 0 Å². The van der Waals surface area contributed by atoms with Gasteiger partial charge in [0, 0.05) is 0 Å². The van der Waals surface area contributed by atoms with Gasteiger partial charge in [-0.2, -0.15) is 0 Å². The van der Waals surface area contributed by atoms with Gasteiger partial charge < -0.3 is 15.5 Å². The van der Waals surface area contributed by atoms with Crippen LogP contribution in [0.3, 0.4) is 0 Å². The Labute approximate surface area is 71.9 Å². The number of hydrogen-bond donors (Lipinski definition) is 2. The molecule has 0 rings (SSSR count). The highest BCUT2D eigenvalue weighted by molar-refractivity contribution is 5.74. The van der Waals surface area contributed by atoms with E-state index in [0.717, 1.165) is 0 Å². The summed E-state index contributed by atoms with van der Waals surface area (Å²) in [6, 6.07) is -0.798. The van der Waals surface area contributed by atoms with Crippen molar-refractivity contribution in [3.8, 4) is 0 Å². The first-order chi connectivity index (χ1) is 5.49. The molecule has 0 aromatic heterocycles. The van der Waals surface area contributed by atoms with E-state index in [4.69, 9.17) is 5.11 Å². The number of carbonyl (C=O) groups is 1. The van der Waals surface area contributed by atoms with E-state index in [1.807, 2.05) is 0 Å². The molecule has 0 aromatic rings. The predicted molar refractivity (Wildman–Crippen MR) is 43.2 cm³/mol. The van der Waals surface area contributed by atoms with Crippen molar-refractivity contribution in [2.24, 2.45) is 5.92 Å². The summed E-state index contributed by atoms with van der Waals surface area (Å²) in [5.41, 5.74) is 0. The lowest BCUT2D eigenvalue weighted by atomic mass is 10.1. The molecule has 12 heavy (non-hydrogen) atoms. The molecule has 1 atom stereocenters. The van der Waals surface area contributed by atoms with Gasteiger partial charge in [0.05, 0.1) is 0 Å². The summed E-state index contributed by atoms with van der Waals surface area (Å²) in [7, 11) is 0. The van der Waals surface area contributed by atoms with Gasteiger partial charge in [-0.3, -0.25) is 0 Å². The van der Waals surface area contributed by atoms with Crippen molar-refractivity contribution in [3.05, 3.63) is 12.0 Å². The van der Waals surface area contributed by atoms with Gasteiger partial charge in [0.2, 0.25) is 0 Å². The number of nitrogens with one attached hydrogen (secondary N) is 1. The topological polar surface area (TPSA) is 72.4 Å². The van der Waals surface area contributed by atoms with E-state index in [9.17, 15) is 9.90 Å². The molecule has 0 aliphatic rings. The molecule has 0 radical (unpaired) electrons. The molecule has 0 fully saturated rings. The maximum atomic E-state index is 10.8. The lowest BCUT2D eigenvalue weighted by molar-refractivity contribution is -0.313. The van der Waals surface area contributed by atoms with Gasteiger partial charge in [-0.1, -0.05) is 19.9 Å². The maximum Gasteiger partial charge on any atom is 0.326 e. The van der Waals surface area contributed by atoms with Crippen molar-refractivity contribution in [1.82, 2.24) is 5.32 Å². The molecule has 0 saturated carbocycles. The maximum absolute atomic E-state index is 10.8. The number of aliphatic carboxylic acids is 1. The summed E-state index contributed by atoms with van der Waals surface area (Å²) in [5.74, 6) is -1.46. The molecule has 70 valence electrons. The minimum absolute atomic E-state index is 0.105. The zero-order chi connectivity index (χ0) is 9.72. The van der Waals surface area contributed by atoms with Gasteiger partial charge >= 0.3 is 5.97 Å². The monoisotopic (exact) mass is 172 g/mol. The minimum Gasteiger partial charge on any atom is -0.861 e. The lowest BCUT2D eigenvalue weighted by Gasteiger charge is -2.23. The van der Waals surface area contributed by atoms with Gasteiger partial charge in [-0.25, -0.2) is 4.79 Å². The van der Waals surface area contributed by atoms with E-state index < -0.39 is 12.0 Å². The van der Waals surface area contributed by atoms with Gasteiger partial charge in [0.1, 0.15) is 6.04 Å². The van der Waals surface area contributed by atoms with Gasteiger partial charge in [-0.05, 0) is 18.7 Å². The summed E-state index contributed by atoms with van der Waals surface area (Å²) in [4.78, 5) is 10.6. The fraction of sp³-hybridized carbons (Fsp3) is 0.625. The highest BCUT2D eigenvalue weighted by Gasteiger charge is 2.19. The molecule has 2 N–H and O–H groups in total. The highest BCUT2D eigenvalue weighted by Crippen LogP contribution is 2.02. The third-order valence-electron chi connectivity index (χ3n) is 1.49.